The van der Waals surface area contributed by atoms with E-state index in [1.54, 1.807) is 0 Å². The number of rotatable bonds is 2. The van der Waals surface area contributed by atoms with Crippen LogP contribution in [-0.4, -0.2) is 21.4 Å². The molecule has 2 fully saturated rings. The van der Waals surface area contributed by atoms with E-state index in [0.29, 0.717) is 16.3 Å². The van der Waals surface area contributed by atoms with E-state index in [-0.39, 0.29) is 0 Å². The summed E-state index contributed by atoms with van der Waals surface area (Å²) < 4.78 is 0. The number of alkyl halides is 2. The number of hydrogen-bond donors (Lipinski definition) is 1. The minimum absolute atomic E-state index is 0.382. The molecule has 82 valence electrons. The van der Waals surface area contributed by atoms with Crippen molar-refractivity contribution in [2.45, 2.75) is 41.8 Å². The van der Waals surface area contributed by atoms with E-state index >= 15 is 0 Å². The molecule has 14 heavy (non-hydrogen) atoms. The highest BCUT2D eigenvalue weighted by Crippen LogP contribution is 2.55. The Kier molecular flexibility index (Phi) is 3.94. The van der Waals surface area contributed by atoms with Crippen molar-refractivity contribution in [2.75, 3.05) is 6.61 Å². The van der Waals surface area contributed by atoms with Crippen LogP contribution in [0.5, 0.6) is 0 Å². The smallest absolute Gasteiger partial charge is 0.0433 e. The van der Waals surface area contributed by atoms with Gasteiger partial charge in [0.25, 0.3) is 0 Å². The molecular weight excluding hydrogens is 308 g/mol. The summed E-state index contributed by atoms with van der Waals surface area (Å²) in [5, 5.41) is 8.95. The van der Waals surface area contributed by atoms with Crippen molar-refractivity contribution in [3.05, 3.63) is 0 Å². The number of halogens is 2. The van der Waals surface area contributed by atoms with Crippen LogP contribution in [0.1, 0.15) is 32.1 Å². The van der Waals surface area contributed by atoms with Gasteiger partial charge >= 0.3 is 0 Å². The summed E-state index contributed by atoms with van der Waals surface area (Å²) in [7, 11) is 0. The Hall–Kier alpha value is 0.920. The minimum atomic E-state index is 0.382. The quantitative estimate of drug-likeness (QED) is 0.772. The molecule has 0 heterocycles. The van der Waals surface area contributed by atoms with Crippen LogP contribution in [0.15, 0.2) is 0 Å². The molecule has 1 N–H and O–H groups in total. The lowest BCUT2D eigenvalue weighted by atomic mass is 10.0. The molecule has 2 aliphatic carbocycles. The van der Waals surface area contributed by atoms with Crippen molar-refractivity contribution in [3.8, 4) is 0 Å². The van der Waals surface area contributed by atoms with Gasteiger partial charge in [-0.15, -0.1) is 0 Å². The van der Waals surface area contributed by atoms with Gasteiger partial charge in [-0.1, -0.05) is 31.9 Å². The van der Waals surface area contributed by atoms with Gasteiger partial charge in [0, 0.05) is 16.3 Å². The van der Waals surface area contributed by atoms with Gasteiger partial charge in [-0.3, -0.25) is 0 Å². The van der Waals surface area contributed by atoms with E-state index in [9.17, 15) is 0 Å². The van der Waals surface area contributed by atoms with Crippen LogP contribution in [-0.2, 0) is 0 Å². The van der Waals surface area contributed by atoms with Crippen LogP contribution in [0, 0.1) is 17.8 Å². The molecule has 0 aromatic carbocycles. The monoisotopic (exact) mass is 324 g/mol. The third kappa shape index (κ3) is 2.35. The summed E-state index contributed by atoms with van der Waals surface area (Å²) in [6.45, 7) is 0.382. The first-order valence-corrected chi connectivity index (χ1v) is 7.46. The third-order valence-electron chi connectivity index (χ3n) is 3.92. The number of fused-ring (bicyclic) bond motifs is 1. The molecule has 0 radical (unpaired) electrons. The fourth-order valence-corrected chi connectivity index (χ4v) is 4.08. The summed E-state index contributed by atoms with van der Waals surface area (Å²) in [6, 6.07) is 0. The minimum Gasteiger partial charge on any atom is -0.396 e. The van der Waals surface area contributed by atoms with Gasteiger partial charge in [-0.25, -0.2) is 0 Å². The maximum atomic E-state index is 8.95. The van der Waals surface area contributed by atoms with Crippen LogP contribution in [0.25, 0.3) is 0 Å². The zero-order valence-electron chi connectivity index (χ0n) is 8.33. The Labute approximate surface area is 103 Å². The first-order chi connectivity index (χ1) is 6.74. The summed E-state index contributed by atoms with van der Waals surface area (Å²) >= 11 is 7.49. The first kappa shape index (κ1) is 11.4. The number of hydrogen-bond acceptors (Lipinski definition) is 1. The highest BCUT2D eigenvalue weighted by Gasteiger charge is 2.49. The van der Waals surface area contributed by atoms with Crippen LogP contribution in [0.3, 0.4) is 0 Å². The lowest BCUT2D eigenvalue weighted by molar-refractivity contribution is 0.274. The second-order valence-electron chi connectivity index (χ2n) is 4.69. The average Bonchev–Trinajstić information content (AvgIpc) is 2.81. The molecule has 0 aliphatic heterocycles. The summed E-state index contributed by atoms with van der Waals surface area (Å²) in [5.74, 6) is 2.71. The van der Waals surface area contributed by atoms with Crippen molar-refractivity contribution in [3.63, 3.8) is 0 Å². The van der Waals surface area contributed by atoms with Gasteiger partial charge in [0.15, 0.2) is 0 Å². The van der Waals surface area contributed by atoms with E-state index in [4.69, 9.17) is 5.11 Å². The van der Waals surface area contributed by atoms with Crippen molar-refractivity contribution in [2.24, 2.45) is 17.8 Å². The molecule has 2 rings (SSSR count). The Balaban J connectivity index is 1.86. The van der Waals surface area contributed by atoms with E-state index in [1.165, 1.54) is 25.7 Å². The van der Waals surface area contributed by atoms with Crippen molar-refractivity contribution < 1.29 is 5.11 Å². The maximum absolute atomic E-state index is 8.95. The van der Waals surface area contributed by atoms with Gasteiger partial charge in [0.1, 0.15) is 0 Å². The molecule has 0 spiro atoms. The normalized spacial score (nSPS) is 47.8. The molecule has 0 aromatic heterocycles. The largest absolute Gasteiger partial charge is 0.396 e. The number of aliphatic hydroxyl groups is 1. The second kappa shape index (κ2) is 4.84. The molecule has 0 saturated heterocycles. The van der Waals surface area contributed by atoms with E-state index < -0.39 is 0 Å². The lowest BCUT2D eigenvalue weighted by Crippen LogP contribution is -2.16. The molecule has 4 atom stereocenters. The van der Waals surface area contributed by atoms with Gasteiger partial charge in [0.2, 0.25) is 0 Å². The third-order valence-corrected chi connectivity index (χ3v) is 6.82. The predicted octanol–water partition coefficient (Wildman–Crippen LogP) is 3.33. The number of aliphatic hydroxyl groups excluding tert-OH is 1. The van der Waals surface area contributed by atoms with E-state index in [1.807, 2.05) is 0 Å². The van der Waals surface area contributed by atoms with E-state index in [0.717, 1.165) is 24.2 Å². The standard InChI is InChI=1S/C11H18Br2O/c12-10-3-1-7-8(2-4-11(10)13)9(7)5-6-14/h7-11,14H,1-6H2. The highest BCUT2D eigenvalue weighted by atomic mass is 79.9. The SMILES string of the molecule is OCCC1C2CCC(Br)C(Br)CCC12. The van der Waals surface area contributed by atoms with Gasteiger partial charge < -0.3 is 5.11 Å². The molecule has 0 aromatic rings. The lowest BCUT2D eigenvalue weighted by Gasteiger charge is -2.18. The zero-order chi connectivity index (χ0) is 10.1. The van der Waals surface area contributed by atoms with Crippen LogP contribution in [0.4, 0.5) is 0 Å². The Morgan fingerprint density at radius 2 is 1.43 bits per heavy atom. The molecular formula is C11H18Br2O. The van der Waals surface area contributed by atoms with Crippen LogP contribution >= 0.6 is 31.9 Å². The molecule has 2 saturated carbocycles. The average molecular weight is 326 g/mol. The fourth-order valence-electron chi connectivity index (χ4n) is 3.02. The van der Waals surface area contributed by atoms with E-state index in [2.05, 4.69) is 31.9 Å². The topological polar surface area (TPSA) is 20.2 Å². The highest BCUT2D eigenvalue weighted by molar-refractivity contribution is 9.12. The van der Waals surface area contributed by atoms with Gasteiger partial charge in [-0.2, -0.15) is 0 Å². The predicted molar refractivity (Wildman–Crippen MR) is 66.1 cm³/mol. The van der Waals surface area contributed by atoms with Crippen LogP contribution in [0.2, 0.25) is 0 Å². The van der Waals surface area contributed by atoms with Crippen molar-refractivity contribution in [1.82, 2.24) is 0 Å². The van der Waals surface area contributed by atoms with Crippen molar-refractivity contribution >= 4 is 31.9 Å². The molecule has 2 aliphatic rings. The maximum Gasteiger partial charge on any atom is 0.0433 e. The van der Waals surface area contributed by atoms with Crippen LogP contribution < -0.4 is 0 Å². The molecule has 0 amide bonds. The molecule has 3 heteroatoms. The first-order valence-electron chi connectivity index (χ1n) is 5.63. The molecule has 1 nitrogen and oxygen atoms in total. The van der Waals surface area contributed by atoms with Crippen molar-refractivity contribution in [1.29, 1.82) is 0 Å². The second-order valence-corrected chi connectivity index (χ2v) is 7.04. The molecule has 0 bridgehead atoms. The summed E-state index contributed by atoms with van der Waals surface area (Å²) in [6.07, 6.45) is 6.33. The van der Waals surface area contributed by atoms with Gasteiger partial charge in [-0.05, 0) is 49.9 Å². The Bertz CT molecular complexity index is 180. The Morgan fingerprint density at radius 1 is 0.929 bits per heavy atom. The summed E-state index contributed by atoms with van der Waals surface area (Å²) in [5.41, 5.74) is 0. The van der Waals surface area contributed by atoms with Gasteiger partial charge in [0.05, 0.1) is 0 Å². The Morgan fingerprint density at radius 3 is 1.86 bits per heavy atom. The summed E-state index contributed by atoms with van der Waals surface area (Å²) in [4.78, 5) is 1.30. The zero-order valence-corrected chi connectivity index (χ0v) is 11.5. The fraction of sp³-hybridized carbons (Fsp3) is 1.00. The molecule has 4 unspecified atom stereocenters.